The summed E-state index contributed by atoms with van der Waals surface area (Å²) in [6.45, 7) is 4.80. The smallest absolute Gasteiger partial charge is 0.361 e. The maximum Gasteiger partial charge on any atom is 0.361 e. The standard InChI is InChI=1S/C78H143NO8/c1-6-8-10-12-14-16-18-20-22-24-26-28-29-30-31-32-33-34-35-36-37-38-39-40-41-42-43-44-45-46-47-49-50-52-54-56-58-60-62-64-66-68-75(80)85-72-74(73-86-78(77(82)83)84-71-70-79(3,4)5)87-76(81)69-67-65-63-61-59-57-55-53-51-48-27-25-23-21-19-17-15-13-11-9-7-2/h9,11,15,17,21,23-24,26-27,48,74,78H,6-8,10,12-14,16,18-20,22,25,28-47,49-73H2,1-5H3/p+1/b11-9-,17-15-,23-21-,26-24-,48-27-. The van der Waals surface area contributed by atoms with Gasteiger partial charge in [-0.25, -0.2) is 4.79 Å². The number of allylic oxidation sites excluding steroid dienone is 10. The normalized spacial score (nSPS) is 13.0. The van der Waals surface area contributed by atoms with Gasteiger partial charge in [0.15, 0.2) is 6.10 Å². The molecule has 508 valence electrons. The summed E-state index contributed by atoms with van der Waals surface area (Å²) in [5.74, 6) is -2.00. The van der Waals surface area contributed by atoms with Crippen molar-refractivity contribution in [3.8, 4) is 0 Å². The van der Waals surface area contributed by atoms with Crippen molar-refractivity contribution in [2.45, 2.75) is 373 Å². The van der Waals surface area contributed by atoms with Gasteiger partial charge < -0.3 is 28.5 Å². The van der Waals surface area contributed by atoms with Gasteiger partial charge in [0.25, 0.3) is 6.29 Å². The predicted molar refractivity (Wildman–Crippen MR) is 373 cm³/mol. The van der Waals surface area contributed by atoms with Gasteiger partial charge in [0.1, 0.15) is 13.2 Å². The SMILES string of the molecule is CC/C=C\C/C=C\C/C=C\C/C=C\CCCCCCCCCCC(=O)OC(COC(=O)CCCCCCCCCCCCCCCCCCCCCCCCCCCCCCC/C=C\CCCCCCCCCC)COC(OCC[N+](C)(C)C)C(=O)O. The van der Waals surface area contributed by atoms with Crippen LogP contribution in [0.25, 0.3) is 0 Å². The molecule has 0 radical (unpaired) electrons. The molecule has 0 aromatic carbocycles. The summed E-state index contributed by atoms with van der Waals surface area (Å²) < 4.78 is 23.0. The minimum absolute atomic E-state index is 0.183. The number of carbonyl (C=O) groups excluding carboxylic acids is 2. The van der Waals surface area contributed by atoms with Crippen molar-refractivity contribution in [2.75, 3.05) is 47.5 Å². The zero-order valence-electron chi connectivity index (χ0n) is 58.2. The first-order chi connectivity index (χ1) is 42.6. The number of carboxylic acids is 1. The molecule has 2 unspecified atom stereocenters. The zero-order valence-corrected chi connectivity index (χ0v) is 58.2. The van der Waals surface area contributed by atoms with Crippen molar-refractivity contribution in [3.63, 3.8) is 0 Å². The fourth-order valence-corrected chi connectivity index (χ4v) is 11.1. The number of hydrogen-bond acceptors (Lipinski definition) is 7. The molecule has 0 saturated heterocycles. The van der Waals surface area contributed by atoms with Crippen LogP contribution in [-0.4, -0.2) is 87.4 Å². The number of likely N-dealkylation sites (N-methyl/N-ethyl adjacent to an activating group) is 1. The van der Waals surface area contributed by atoms with Crippen molar-refractivity contribution < 1.29 is 42.9 Å². The number of rotatable bonds is 70. The van der Waals surface area contributed by atoms with Crippen molar-refractivity contribution in [1.29, 1.82) is 0 Å². The number of aliphatic carboxylic acids is 1. The molecule has 0 aliphatic carbocycles. The lowest BCUT2D eigenvalue weighted by atomic mass is 10.0. The molecule has 0 bridgehead atoms. The quantitative estimate of drug-likeness (QED) is 0.0211. The first-order valence-electron chi connectivity index (χ1n) is 37.5. The average Bonchev–Trinajstić information content (AvgIpc) is 3.57. The van der Waals surface area contributed by atoms with E-state index in [0.717, 1.165) is 70.6 Å². The second-order valence-electron chi connectivity index (χ2n) is 26.6. The molecule has 0 aromatic rings. The molecule has 0 amide bonds. The monoisotopic (exact) mass is 1220 g/mol. The molecule has 9 nitrogen and oxygen atoms in total. The van der Waals surface area contributed by atoms with Gasteiger partial charge in [0, 0.05) is 12.8 Å². The van der Waals surface area contributed by atoms with E-state index in [0.29, 0.717) is 23.9 Å². The highest BCUT2D eigenvalue weighted by atomic mass is 16.7. The van der Waals surface area contributed by atoms with Crippen LogP contribution in [-0.2, 0) is 33.3 Å². The molecule has 0 spiro atoms. The van der Waals surface area contributed by atoms with Crippen LogP contribution in [0.15, 0.2) is 60.8 Å². The molecule has 0 heterocycles. The highest BCUT2D eigenvalue weighted by molar-refractivity contribution is 5.71. The largest absolute Gasteiger partial charge is 0.477 e. The number of ether oxygens (including phenoxy) is 4. The number of carboxylic acid groups (broad SMARTS) is 1. The molecule has 1 N–H and O–H groups in total. The summed E-state index contributed by atoms with van der Waals surface area (Å²) in [7, 11) is 5.98. The summed E-state index contributed by atoms with van der Waals surface area (Å²) in [4.78, 5) is 37.6. The van der Waals surface area contributed by atoms with Crippen LogP contribution in [0, 0.1) is 0 Å². The predicted octanol–water partition coefficient (Wildman–Crippen LogP) is 23.5. The summed E-state index contributed by atoms with van der Waals surface area (Å²) in [6, 6.07) is 0. The van der Waals surface area contributed by atoms with E-state index >= 15 is 0 Å². The third kappa shape index (κ3) is 70.3. The van der Waals surface area contributed by atoms with Crippen LogP contribution in [0.2, 0.25) is 0 Å². The number of quaternary nitrogens is 1. The number of nitrogens with zero attached hydrogens (tertiary/aromatic N) is 1. The Kier molecular flexibility index (Phi) is 66.5. The molecule has 2 atom stereocenters. The van der Waals surface area contributed by atoms with Gasteiger partial charge in [-0.1, -0.05) is 331 Å². The minimum Gasteiger partial charge on any atom is -0.477 e. The molecule has 0 rings (SSSR count). The molecule has 0 saturated carbocycles. The third-order valence-electron chi connectivity index (χ3n) is 16.8. The summed E-state index contributed by atoms with van der Waals surface area (Å²) in [5, 5.41) is 9.74. The Hall–Kier alpha value is -3.01. The van der Waals surface area contributed by atoms with Crippen LogP contribution in [0.5, 0.6) is 0 Å². The molecule has 9 heteroatoms. The number of carbonyl (C=O) groups is 3. The highest BCUT2D eigenvalue weighted by Crippen LogP contribution is 2.19. The van der Waals surface area contributed by atoms with E-state index in [4.69, 9.17) is 18.9 Å². The van der Waals surface area contributed by atoms with E-state index < -0.39 is 24.3 Å². The third-order valence-corrected chi connectivity index (χ3v) is 16.8. The van der Waals surface area contributed by atoms with Gasteiger partial charge in [0.2, 0.25) is 0 Å². The van der Waals surface area contributed by atoms with E-state index in [1.807, 2.05) is 21.1 Å². The Labute approximate surface area is 539 Å². The Bertz CT molecular complexity index is 1610. The molecule has 0 aromatic heterocycles. The lowest BCUT2D eigenvalue weighted by molar-refractivity contribution is -0.870. The van der Waals surface area contributed by atoms with Gasteiger partial charge in [-0.05, 0) is 77.0 Å². The van der Waals surface area contributed by atoms with Gasteiger partial charge in [-0.2, -0.15) is 0 Å². The fourth-order valence-electron chi connectivity index (χ4n) is 11.1. The Morgan fingerprint density at radius 2 is 0.655 bits per heavy atom. The second kappa shape index (κ2) is 68.9. The molecular weight excluding hydrogens is 1080 g/mol. The zero-order chi connectivity index (χ0) is 63.3. The molecule has 0 aliphatic rings. The van der Waals surface area contributed by atoms with Gasteiger partial charge in [-0.15, -0.1) is 0 Å². The Balaban J connectivity index is 3.93. The summed E-state index contributed by atoms with van der Waals surface area (Å²) in [6.07, 6.45) is 88.1. The van der Waals surface area contributed by atoms with Crippen molar-refractivity contribution in [2.24, 2.45) is 0 Å². The van der Waals surface area contributed by atoms with Gasteiger partial charge >= 0.3 is 17.9 Å². The van der Waals surface area contributed by atoms with Crippen LogP contribution in [0.3, 0.4) is 0 Å². The molecular formula is C78H144NO8+. The van der Waals surface area contributed by atoms with Crippen LogP contribution in [0.4, 0.5) is 0 Å². The summed E-state index contributed by atoms with van der Waals surface area (Å²) >= 11 is 0. The number of esters is 2. The van der Waals surface area contributed by atoms with Crippen LogP contribution in [0.1, 0.15) is 361 Å². The van der Waals surface area contributed by atoms with Crippen LogP contribution >= 0.6 is 0 Å². The molecule has 87 heavy (non-hydrogen) atoms. The molecule has 0 fully saturated rings. The topological polar surface area (TPSA) is 108 Å². The fraction of sp³-hybridized carbons (Fsp3) is 0.833. The number of hydrogen-bond donors (Lipinski definition) is 1. The summed E-state index contributed by atoms with van der Waals surface area (Å²) in [5.41, 5.74) is 0. The minimum atomic E-state index is -1.51. The van der Waals surface area contributed by atoms with Gasteiger partial charge in [-0.3, -0.25) is 9.59 Å². The second-order valence-corrected chi connectivity index (χ2v) is 26.6. The lowest BCUT2D eigenvalue weighted by Gasteiger charge is -2.25. The van der Waals surface area contributed by atoms with Gasteiger partial charge in [0.05, 0.1) is 34.4 Å². The number of unbranched alkanes of at least 4 members (excludes halogenated alkanes) is 45. The van der Waals surface area contributed by atoms with Crippen molar-refractivity contribution in [1.82, 2.24) is 0 Å². The Morgan fingerprint density at radius 1 is 0.356 bits per heavy atom. The van der Waals surface area contributed by atoms with E-state index in [-0.39, 0.29) is 32.2 Å². The van der Waals surface area contributed by atoms with Crippen molar-refractivity contribution in [3.05, 3.63) is 60.8 Å². The van der Waals surface area contributed by atoms with Crippen LogP contribution < -0.4 is 0 Å². The maximum absolute atomic E-state index is 12.9. The average molecular weight is 1220 g/mol. The highest BCUT2D eigenvalue weighted by Gasteiger charge is 2.25. The van der Waals surface area contributed by atoms with E-state index in [1.165, 1.54) is 257 Å². The Morgan fingerprint density at radius 3 is 0.989 bits per heavy atom. The van der Waals surface area contributed by atoms with Crippen molar-refractivity contribution >= 4 is 17.9 Å². The van der Waals surface area contributed by atoms with E-state index in [1.54, 1.807) is 0 Å². The maximum atomic E-state index is 12.9. The lowest BCUT2D eigenvalue weighted by Crippen LogP contribution is -2.40. The molecule has 0 aliphatic heterocycles. The van der Waals surface area contributed by atoms with E-state index in [2.05, 4.69) is 74.6 Å². The first-order valence-corrected chi connectivity index (χ1v) is 37.5. The van der Waals surface area contributed by atoms with E-state index in [9.17, 15) is 19.5 Å². The first kappa shape index (κ1) is 84.0.